The number of hydrogen-bond acceptors (Lipinski definition) is 4. The average molecular weight is 380 g/mol. The average Bonchev–Trinajstić information content (AvgIpc) is 3.12. The highest BCUT2D eigenvalue weighted by molar-refractivity contribution is 6.05. The largest absolute Gasteiger partial charge is 0.497 e. The van der Waals surface area contributed by atoms with Crippen LogP contribution in [0.25, 0.3) is 0 Å². The molecule has 1 amide bonds. The summed E-state index contributed by atoms with van der Waals surface area (Å²) < 4.78 is 20.5. The van der Waals surface area contributed by atoms with E-state index in [9.17, 15) is 9.18 Å². The van der Waals surface area contributed by atoms with E-state index in [1.165, 1.54) is 12.1 Å². The van der Waals surface area contributed by atoms with Crippen molar-refractivity contribution < 1.29 is 13.9 Å². The van der Waals surface area contributed by atoms with Gasteiger partial charge in [-0.3, -0.25) is 9.48 Å². The van der Waals surface area contributed by atoms with E-state index in [0.29, 0.717) is 31.0 Å². The molecule has 28 heavy (non-hydrogen) atoms. The summed E-state index contributed by atoms with van der Waals surface area (Å²) in [5.74, 6) is 0.284. The second-order valence-electron chi connectivity index (χ2n) is 6.73. The van der Waals surface area contributed by atoms with E-state index in [4.69, 9.17) is 4.74 Å². The van der Waals surface area contributed by atoms with Crippen molar-refractivity contribution in [3.05, 3.63) is 71.8 Å². The molecule has 0 radical (unpaired) electrons. The fourth-order valence-corrected chi connectivity index (χ4v) is 3.39. The molecule has 1 aromatic heterocycles. The fourth-order valence-electron chi connectivity index (χ4n) is 3.39. The number of rotatable bonds is 5. The number of amides is 1. The van der Waals surface area contributed by atoms with Crippen LogP contribution in [0.4, 0.5) is 15.8 Å². The lowest BCUT2D eigenvalue weighted by Gasteiger charge is -2.27. The van der Waals surface area contributed by atoms with Crippen LogP contribution in [0.15, 0.2) is 54.6 Å². The van der Waals surface area contributed by atoms with Gasteiger partial charge in [0.25, 0.3) is 5.91 Å². The van der Waals surface area contributed by atoms with E-state index in [1.807, 2.05) is 37.4 Å². The third-order valence-corrected chi connectivity index (χ3v) is 4.86. The van der Waals surface area contributed by atoms with Gasteiger partial charge in [-0.05, 0) is 48.5 Å². The van der Waals surface area contributed by atoms with Crippen LogP contribution in [0, 0.1) is 5.82 Å². The molecule has 0 atom stereocenters. The van der Waals surface area contributed by atoms with Crippen molar-refractivity contribution in [2.24, 2.45) is 0 Å². The zero-order valence-corrected chi connectivity index (χ0v) is 15.8. The van der Waals surface area contributed by atoms with Gasteiger partial charge in [0.05, 0.1) is 25.9 Å². The number of hydrogen-bond donors (Lipinski definition) is 0. The maximum Gasteiger partial charge on any atom is 0.276 e. The lowest BCUT2D eigenvalue weighted by molar-refractivity contribution is 0.0962. The molecule has 7 heteroatoms. The lowest BCUT2D eigenvalue weighted by Crippen LogP contribution is -2.40. The van der Waals surface area contributed by atoms with Gasteiger partial charge in [-0.2, -0.15) is 5.10 Å². The zero-order valence-electron chi connectivity index (χ0n) is 15.8. The molecule has 0 saturated heterocycles. The van der Waals surface area contributed by atoms with Crippen LogP contribution in [0.5, 0.6) is 5.75 Å². The van der Waals surface area contributed by atoms with Gasteiger partial charge in [0, 0.05) is 25.0 Å². The van der Waals surface area contributed by atoms with Gasteiger partial charge in [0.1, 0.15) is 17.3 Å². The monoisotopic (exact) mass is 380 g/mol. The number of aromatic nitrogens is 2. The summed E-state index contributed by atoms with van der Waals surface area (Å²) in [6, 6.07) is 15.7. The Morgan fingerprint density at radius 2 is 1.93 bits per heavy atom. The molecule has 0 spiro atoms. The first-order valence-electron chi connectivity index (χ1n) is 9.04. The zero-order chi connectivity index (χ0) is 19.7. The van der Waals surface area contributed by atoms with Crippen molar-refractivity contribution in [3.8, 4) is 5.75 Å². The van der Waals surface area contributed by atoms with Gasteiger partial charge in [-0.25, -0.2) is 4.39 Å². The van der Waals surface area contributed by atoms with Crippen molar-refractivity contribution in [2.75, 3.05) is 30.5 Å². The van der Waals surface area contributed by atoms with Crippen molar-refractivity contribution in [3.63, 3.8) is 0 Å². The Kier molecular flexibility index (Phi) is 4.73. The normalized spacial score (nSPS) is 13.4. The van der Waals surface area contributed by atoms with Crippen LogP contribution in [-0.4, -0.2) is 36.4 Å². The summed E-state index contributed by atoms with van der Waals surface area (Å²) in [5, 5.41) is 4.57. The van der Waals surface area contributed by atoms with E-state index in [-0.39, 0.29) is 11.7 Å². The lowest BCUT2D eigenvalue weighted by atomic mass is 10.2. The van der Waals surface area contributed by atoms with Gasteiger partial charge in [-0.1, -0.05) is 6.07 Å². The highest BCUT2D eigenvalue weighted by atomic mass is 19.1. The van der Waals surface area contributed by atoms with Gasteiger partial charge in [0.2, 0.25) is 0 Å². The maximum atomic E-state index is 13.5. The minimum Gasteiger partial charge on any atom is -0.497 e. The highest BCUT2D eigenvalue weighted by Gasteiger charge is 2.27. The van der Waals surface area contributed by atoms with E-state index < -0.39 is 0 Å². The number of nitrogens with zero attached hydrogens (tertiary/aromatic N) is 4. The van der Waals surface area contributed by atoms with Crippen molar-refractivity contribution >= 4 is 17.3 Å². The number of ether oxygens (including phenoxy) is 1. The topological polar surface area (TPSA) is 50.6 Å². The van der Waals surface area contributed by atoms with Gasteiger partial charge in [0.15, 0.2) is 0 Å². The van der Waals surface area contributed by atoms with E-state index in [1.54, 1.807) is 28.8 Å². The SMILES string of the molecule is COc1ccc(N(C)Cc2cc3n(n2)CCN(c2cccc(F)c2)C3=O)cc1. The molecule has 0 saturated carbocycles. The van der Waals surface area contributed by atoms with Crippen molar-refractivity contribution in [2.45, 2.75) is 13.1 Å². The van der Waals surface area contributed by atoms with Crippen LogP contribution in [0.2, 0.25) is 0 Å². The number of benzene rings is 2. The quantitative estimate of drug-likeness (QED) is 0.681. The molecular formula is C21H21FN4O2. The molecule has 0 fully saturated rings. The minimum atomic E-state index is -0.355. The Hall–Kier alpha value is -3.35. The number of carbonyl (C=O) groups excluding carboxylic acids is 1. The number of anilines is 2. The molecule has 2 heterocycles. The Balaban J connectivity index is 1.52. The predicted octanol–water partition coefficient (Wildman–Crippen LogP) is 3.33. The molecular weight excluding hydrogens is 359 g/mol. The van der Waals surface area contributed by atoms with Crippen LogP contribution in [-0.2, 0) is 13.1 Å². The summed E-state index contributed by atoms with van der Waals surface area (Å²) in [6.45, 7) is 1.61. The first-order chi connectivity index (χ1) is 13.5. The highest BCUT2D eigenvalue weighted by Crippen LogP contribution is 2.24. The van der Waals surface area contributed by atoms with E-state index in [0.717, 1.165) is 17.1 Å². The second kappa shape index (κ2) is 7.34. The van der Waals surface area contributed by atoms with Crippen LogP contribution >= 0.6 is 0 Å². The molecule has 0 bridgehead atoms. The number of carbonyl (C=O) groups is 1. The third-order valence-electron chi connectivity index (χ3n) is 4.86. The molecule has 0 N–H and O–H groups in total. The molecule has 3 aromatic rings. The number of methoxy groups -OCH3 is 1. The number of fused-ring (bicyclic) bond motifs is 1. The van der Waals surface area contributed by atoms with E-state index in [2.05, 4.69) is 10.00 Å². The van der Waals surface area contributed by atoms with E-state index >= 15 is 0 Å². The summed E-state index contributed by atoms with van der Waals surface area (Å²) in [5.41, 5.74) is 2.92. The first-order valence-corrected chi connectivity index (χ1v) is 9.04. The fraction of sp³-hybridized carbons (Fsp3) is 0.238. The van der Waals surface area contributed by atoms with Gasteiger partial charge < -0.3 is 14.5 Å². The molecule has 4 rings (SSSR count). The standard InChI is InChI=1S/C21H21FN4O2/c1-24(17-6-8-19(28-2)9-7-17)14-16-13-20-21(27)25(10-11-26(20)23-16)18-5-3-4-15(22)12-18/h3-9,12-13H,10-11,14H2,1-2H3. The van der Waals surface area contributed by atoms with Crippen LogP contribution < -0.4 is 14.5 Å². The third kappa shape index (κ3) is 3.43. The van der Waals surface area contributed by atoms with Crippen LogP contribution in [0.1, 0.15) is 16.2 Å². The summed E-state index contributed by atoms with van der Waals surface area (Å²) in [4.78, 5) is 16.5. The molecule has 144 valence electrons. The Morgan fingerprint density at radius 1 is 1.14 bits per heavy atom. The summed E-state index contributed by atoms with van der Waals surface area (Å²) >= 11 is 0. The molecule has 1 aliphatic heterocycles. The predicted molar refractivity (Wildman–Crippen MR) is 105 cm³/mol. The second-order valence-corrected chi connectivity index (χ2v) is 6.73. The molecule has 0 unspecified atom stereocenters. The first kappa shape index (κ1) is 18.0. The molecule has 1 aliphatic rings. The number of halogens is 1. The Morgan fingerprint density at radius 3 is 2.64 bits per heavy atom. The molecule has 6 nitrogen and oxygen atoms in total. The Labute approximate surface area is 162 Å². The van der Waals surface area contributed by atoms with Crippen LogP contribution in [0.3, 0.4) is 0 Å². The smallest absolute Gasteiger partial charge is 0.276 e. The molecule has 0 aliphatic carbocycles. The van der Waals surface area contributed by atoms with Crippen molar-refractivity contribution in [1.82, 2.24) is 9.78 Å². The molecule has 2 aromatic carbocycles. The Bertz CT molecular complexity index is 1000. The minimum absolute atomic E-state index is 0.164. The van der Waals surface area contributed by atoms with Crippen molar-refractivity contribution in [1.29, 1.82) is 0 Å². The maximum absolute atomic E-state index is 13.5. The summed E-state index contributed by atoms with van der Waals surface area (Å²) in [7, 11) is 3.61. The van der Waals surface area contributed by atoms with Gasteiger partial charge in [-0.15, -0.1) is 0 Å². The summed E-state index contributed by atoms with van der Waals surface area (Å²) in [6.07, 6.45) is 0. The van der Waals surface area contributed by atoms with Gasteiger partial charge >= 0.3 is 0 Å².